The number of rotatable bonds is 8. The lowest BCUT2D eigenvalue weighted by Crippen LogP contribution is -2.28. The average molecular weight is 501 g/mol. The molecule has 1 aliphatic rings. The third-order valence-corrected chi connectivity index (χ3v) is 6.79. The highest BCUT2D eigenvalue weighted by molar-refractivity contribution is 7.98. The monoisotopic (exact) mass is 500 g/mol. The van der Waals surface area contributed by atoms with Crippen LogP contribution in [0.15, 0.2) is 52.8 Å². The first kappa shape index (κ1) is 24.0. The number of carbonyl (C=O) groups excluding carboxylic acids is 1. The maximum absolute atomic E-state index is 12.7. The summed E-state index contributed by atoms with van der Waals surface area (Å²) in [6, 6.07) is 10.8. The lowest BCUT2D eigenvalue weighted by Gasteiger charge is -2.28. The van der Waals surface area contributed by atoms with Gasteiger partial charge in [0.1, 0.15) is 6.04 Å². The number of nitrogens with one attached hydrogen (secondary N) is 1. The summed E-state index contributed by atoms with van der Waals surface area (Å²) in [5.41, 5.74) is 3.05. The van der Waals surface area contributed by atoms with E-state index in [1.165, 1.54) is 11.8 Å². The van der Waals surface area contributed by atoms with E-state index in [2.05, 4.69) is 10.3 Å². The maximum Gasteiger partial charge on any atom is 0.227 e. The quantitative estimate of drug-likeness (QED) is 0.426. The van der Waals surface area contributed by atoms with Crippen LogP contribution in [0.2, 0.25) is 5.02 Å². The summed E-state index contributed by atoms with van der Waals surface area (Å²) in [6.45, 7) is 3.40. The molecule has 34 heavy (non-hydrogen) atoms. The van der Waals surface area contributed by atoms with Gasteiger partial charge in [-0.3, -0.25) is 4.79 Å². The zero-order chi connectivity index (χ0) is 24.4. The molecule has 0 bridgehead atoms. The summed E-state index contributed by atoms with van der Waals surface area (Å²) in [5, 5.41) is 9.22. The first-order chi connectivity index (χ1) is 16.4. The van der Waals surface area contributed by atoms with E-state index in [1.54, 1.807) is 32.9 Å². The number of methoxy groups -OCH3 is 3. The molecule has 8 nitrogen and oxygen atoms in total. The number of hydrogen-bond donors (Lipinski definition) is 1. The molecule has 0 saturated heterocycles. The van der Waals surface area contributed by atoms with Gasteiger partial charge in [0.2, 0.25) is 16.9 Å². The van der Waals surface area contributed by atoms with Crippen molar-refractivity contribution in [2.24, 2.45) is 0 Å². The van der Waals surface area contributed by atoms with Crippen LogP contribution >= 0.6 is 23.4 Å². The van der Waals surface area contributed by atoms with Gasteiger partial charge in [0.05, 0.1) is 21.3 Å². The van der Waals surface area contributed by atoms with Gasteiger partial charge >= 0.3 is 0 Å². The predicted molar refractivity (Wildman–Crippen MR) is 132 cm³/mol. The summed E-state index contributed by atoms with van der Waals surface area (Å²) in [7, 11) is 4.66. The number of ketones is 1. The summed E-state index contributed by atoms with van der Waals surface area (Å²) in [5.74, 6) is 2.54. The lowest BCUT2D eigenvalue weighted by molar-refractivity contribution is -0.114. The average Bonchev–Trinajstić information content (AvgIpc) is 3.23. The van der Waals surface area contributed by atoms with Crippen LogP contribution in [0.4, 0.5) is 5.95 Å². The summed E-state index contributed by atoms with van der Waals surface area (Å²) in [6.07, 6.45) is 0. The molecule has 1 aliphatic heterocycles. The van der Waals surface area contributed by atoms with Crippen LogP contribution in [0.1, 0.15) is 31.0 Å². The Hall–Kier alpha value is -3.17. The SMILES string of the molecule is COc1cc(C2C(C(C)=O)=C(C)Nc3nc(SCc4ccccc4Cl)nn32)cc(OC)c1OC. The number of hydrogen-bond acceptors (Lipinski definition) is 8. The van der Waals surface area contributed by atoms with Crippen LogP contribution in [0, 0.1) is 0 Å². The molecule has 10 heteroatoms. The Morgan fingerprint density at radius 3 is 2.41 bits per heavy atom. The van der Waals surface area contributed by atoms with Crippen LogP contribution in [-0.2, 0) is 10.5 Å². The van der Waals surface area contributed by atoms with Crippen LogP contribution in [0.3, 0.4) is 0 Å². The standard InChI is InChI=1S/C24H25ClN4O4S/c1-13-20(14(2)30)21(16-10-18(31-3)22(33-5)19(11-16)32-4)29-23(26-13)27-24(28-29)34-12-15-8-6-7-9-17(15)25/h6-11,21H,12H2,1-5H3,(H,26,27,28). The van der Waals surface area contributed by atoms with Gasteiger partial charge in [-0.25, -0.2) is 4.68 Å². The molecule has 0 aliphatic carbocycles. The number of aromatic nitrogens is 3. The van der Waals surface area contributed by atoms with E-state index in [-0.39, 0.29) is 5.78 Å². The van der Waals surface area contributed by atoms with Gasteiger partial charge in [-0.2, -0.15) is 4.98 Å². The van der Waals surface area contributed by atoms with Crippen LogP contribution in [0.25, 0.3) is 0 Å². The van der Waals surface area contributed by atoms with Crippen LogP contribution < -0.4 is 19.5 Å². The van der Waals surface area contributed by atoms with Crippen molar-refractivity contribution in [3.05, 3.63) is 63.8 Å². The lowest BCUT2D eigenvalue weighted by atomic mass is 9.92. The minimum absolute atomic E-state index is 0.0739. The number of halogens is 1. The molecule has 0 amide bonds. The van der Waals surface area contributed by atoms with Gasteiger partial charge in [-0.05, 0) is 43.2 Å². The second-order valence-electron chi connectivity index (χ2n) is 7.62. The van der Waals surface area contributed by atoms with Crippen molar-refractivity contribution in [1.82, 2.24) is 14.8 Å². The van der Waals surface area contributed by atoms with E-state index >= 15 is 0 Å². The highest BCUT2D eigenvalue weighted by Gasteiger charge is 2.34. The molecule has 178 valence electrons. The molecule has 0 fully saturated rings. The normalized spacial score (nSPS) is 14.9. The number of thioether (sulfide) groups is 1. The molecule has 1 unspecified atom stereocenters. The van der Waals surface area contributed by atoms with Crippen molar-refractivity contribution in [3.63, 3.8) is 0 Å². The summed E-state index contributed by atoms with van der Waals surface area (Å²) < 4.78 is 18.3. The second kappa shape index (κ2) is 9.99. The maximum atomic E-state index is 12.7. The minimum Gasteiger partial charge on any atom is -0.493 e. The number of ether oxygens (including phenoxy) is 3. The molecule has 1 aromatic heterocycles. The molecule has 0 radical (unpaired) electrons. The zero-order valence-corrected chi connectivity index (χ0v) is 21.1. The van der Waals surface area contributed by atoms with Crippen LogP contribution in [-0.4, -0.2) is 41.9 Å². The molecule has 0 saturated carbocycles. The molecule has 2 heterocycles. The summed E-state index contributed by atoms with van der Waals surface area (Å²) >= 11 is 7.77. The highest BCUT2D eigenvalue weighted by Crippen LogP contribution is 2.44. The third-order valence-electron chi connectivity index (χ3n) is 5.53. The largest absolute Gasteiger partial charge is 0.493 e. The molecule has 1 N–H and O–H groups in total. The van der Waals surface area contributed by atoms with Gasteiger partial charge in [-0.1, -0.05) is 41.6 Å². The molecular weight excluding hydrogens is 476 g/mol. The molecule has 1 atom stereocenters. The number of anilines is 1. The van der Waals surface area contributed by atoms with E-state index in [4.69, 9.17) is 30.9 Å². The molecule has 3 aromatic rings. The number of fused-ring (bicyclic) bond motifs is 1. The molecule has 4 rings (SSSR count). The Balaban J connectivity index is 1.78. The van der Waals surface area contributed by atoms with Crippen molar-refractivity contribution in [1.29, 1.82) is 0 Å². The predicted octanol–water partition coefficient (Wildman–Crippen LogP) is 5.13. The van der Waals surface area contributed by atoms with Gasteiger partial charge in [0, 0.05) is 22.0 Å². The number of carbonyl (C=O) groups is 1. The fourth-order valence-corrected chi connectivity index (χ4v) is 5.09. The Kier molecular flexibility index (Phi) is 7.04. The van der Waals surface area contributed by atoms with Gasteiger partial charge < -0.3 is 19.5 Å². The summed E-state index contributed by atoms with van der Waals surface area (Å²) in [4.78, 5) is 17.4. The Morgan fingerprint density at radius 1 is 1.15 bits per heavy atom. The van der Waals surface area contributed by atoms with Crippen molar-refractivity contribution in [2.45, 2.75) is 30.8 Å². The van der Waals surface area contributed by atoms with E-state index in [9.17, 15) is 4.79 Å². The minimum atomic E-state index is -0.524. The van der Waals surface area contributed by atoms with Gasteiger partial charge in [0.25, 0.3) is 0 Å². The molecule has 2 aromatic carbocycles. The van der Waals surface area contributed by atoms with E-state index in [0.717, 1.165) is 11.1 Å². The van der Waals surface area contributed by atoms with Crippen molar-refractivity contribution >= 4 is 35.1 Å². The molecule has 0 spiro atoms. The van der Waals surface area contributed by atoms with Gasteiger partial charge in [0.15, 0.2) is 17.3 Å². The van der Waals surface area contributed by atoms with E-state index in [1.807, 2.05) is 43.3 Å². The number of nitrogens with zero attached hydrogens (tertiary/aromatic N) is 3. The van der Waals surface area contributed by atoms with Crippen molar-refractivity contribution in [2.75, 3.05) is 26.6 Å². The first-order valence-corrected chi connectivity index (χ1v) is 11.9. The fourth-order valence-electron chi connectivity index (χ4n) is 3.97. The molecular formula is C24H25ClN4O4S. The second-order valence-corrected chi connectivity index (χ2v) is 8.97. The Bertz CT molecular complexity index is 1250. The van der Waals surface area contributed by atoms with Crippen molar-refractivity contribution < 1.29 is 19.0 Å². The van der Waals surface area contributed by atoms with E-state index < -0.39 is 6.04 Å². The fraction of sp³-hybridized carbons (Fsp3) is 0.292. The third kappa shape index (κ3) is 4.45. The number of benzene rings is 2. The smallest absolute Gasteiger partial charge is 0.227 e. The first-order valence-electron chi connectivity index (χ1n) is 10.5. The highest BCUT2D eigenvalue weighted by atomic mass is 35.5. The van der Waals surface area contributed by atoms with E-state index in [0.29, 0.717) is 50.4 Å². The topological polar surface area (TPSA) is 87.5 Å². The van der Waals surface area contributed by atoms with Crippen LogP contribution in [0.5, 0.6) is 17.2 Å². The Morgan fingerprint density at radius 2 is 1.82 bits per heavy atom. The number of allylic oxidation sites excluding steroid dienone is 2. The number of Topliss-reactive ketones (excluding diaryl/α,β-unsaturated/α-hetero) is 1. The van der Waals surface area contributed by atoms with Gasteiger partial charge in [-0.15, -0.1) is 5.10 Å². The zero-order valence-electron chi connectivity index (χ0n) is 19.5. The Labute approximate surface area is 207 Å². The van der Waals surface area contributed by atoms with Crippen molar-refractivity contribution in [3.8, 4) is 17.2 Å².